The maximum atomic E-state index is 5.45. The lowest BCUT2D eigenvalue weighted by molar-refractivity contribution is 0.660. The maximum absolute atomic E-state index is 5.45. The van der Waals surface area contributed by atoms with Crippen molar-refractivity contribution in [3.05, 3.63) is 223 Å². The molecule has 0 atom stereocenters. The van der Waals surface area contributed by atoms with Gasteiger partial charge in [0.25, 0.3) is 0 Å². The lowest BCUT2D eigenvalue weighted by atomic mass is 9.82. The highest BCUT2D eigenvalue weighted by Crippen LogP contribution is 2.54. The number of hydrogen-bond donors (Lipinski definition) is 0. The number of fused-ring (bicyclic) bond motifs is 6. The van der Waals surface area contributed by atoms with E-state index in [-0.39, 0.29) is 5.41 Å². The van der Waals surface area contributed by atoms with Gasteiger partial charge < -0.3 is 4.90 Å². The largest absolute Gasteiger partial charge is 0.310 e. The molecule has 0 amide bonds. The van der Waals surface area contributed by atoms with Gasteiger partial charge in [-0.1, -0.05) is 190 Å². The third kappa shape index (κ3) is 5.69. The molecule has 2 aromatic heterocycles. The predicted molar refractivity (Wildman–Crippen MR) is 247 cm³/mol. The Kier molecular flexibility index (Phi) is 8.16. The first-order valence-corrected chi connectivity index (χ1v) is 20.4. The van der Waals surface area contributed by atoms with E-state index in [0.717, 1.165) is 67.0 Å². The van der Waals surface area contributed by atoms with Crippen molar-refractivity contribution < 1.29 is 0 Å². The van der Waals surface area contributed by atoms with Crippen molar-refractivity contribution in [1.29, 1.82) is 0 Å². The van der Waals surface area contributed by atoms with Crippen LogP contribution in [0.4, 0.5) is 17.1 Å². The smallest absolute Gasteiger partial charge is 0.101 e. The normalized spacial score (nSPS) is 12.7. The second-order valence-electron chi connectivity index (χ2n) is 16.0. The third-order valence-corrected chi connectivity index (χ3v) is 12.2. The molecule has 0 N–H and O–H groups in total. The number of aromatic nitrogens is 2. The summed E-state index contributed by atoms with van der Waals surface area (Å²) in [5, 5.41) is 7.74. The summed E-state index contributed by atoms with van der Waals surface area (Å²) < 4.78 is 2.17. The van der Waals surface area contributed by atoms with E-state index in [1.807, 2.05) is 0 Å². The summed E-state index contributed by atoms with van der Waals surface area (Å²) in [7, 11) is 0. The van der Waals surface area contributed by atoms with E-state index in [9.17, 15) is 0 Å². The molecular weight excluding hydrogens is 715 g/mol. The van der Waals surface area contributed by atoms with Crippen molar-refractivity contribution in [2.24, 2.45) is 0 Å². The van der Waals surface area contributed by atoms with E-state index >= 15 is 0 Å². The number of hydrogen-bond acceptors (Lipinski definition) is 2. The van der Waals surface area contributed by atoms with Gasteiger partial charge in [-0.15, -0.1) is 0 Å². The summed E-state index contributed by atoms with van der Waals surface area (Å²) in [6.07, 6.45) is 0. The molecule has 0 bridgehead atoms. The van der Waals surface area contributed by atoms with Crippen LogP contribution in [0, 0.1) is 0 Å². The lowest BCUT2D eigenvalue weighted by Gasteiger charge is -2.29. The van der Waals surface area contributed by atoms with Crippen molar-refractivity contribution in [1.82, 2.24) is 9.61 Å². The van der Waals surface area contributed by atoms with Crippen LogP contribution in [0.5, 0.6) is 0 Å². The minimum Gasteiger partial charge on any atom is -0.310 e. The van der Waals surface area contributed by atoms with E-state index < -0.39 is 0 Å². The zero-order valence-corrected chi connectivity index (χ0v) is 33.0. The summed E-state index contributed by atoms with van der Waals surface area (Å²) in [6, 6.07) is 76.7. The standard InChI is InChI=1S/C56H41N3/c1-56(2)48-27-16-15-26-47(48)53-49(56)28-17-29-50(53)58(44-32-30-39(31-33-44)38-18-7-3-8-19-38)45-34-35-46-43(36-45)37-51(40-20-9-4-10-21-40)59-55(46)52(41-22-11-5-12-23-41)54(57-59)42-24-13-6-14-25-42/h3-37H,1-2H3. The van der Waals surface area contributed by atoms with Gasteiger partial charge in [0.15, 0.2) is 0 Å². The van der Waals surface area contributed by atoms with Crippen LogP contribution >= 0.6 is 0 Å². The maximum Gasteiger partial charge on any atom is 0.101 e. The van der Waals surface area contributed by atoms with E-state index in [1.165, 1.54) is 33.4 Å². The van der Waals surface area contributed by atoms with Gasteiger partial charge in [0, 0.05) is 44.4 Å². The average Bonchev–Trinajstić information content (AvgIpc) is 3.81. The monoisotopic (exact) mass is 755 g/mol. The number of pyridine rings is 1. The minimum absolute atomic E-state index is 0.128. The molecule has 10 aromatic rings. The van der Waals surface area contributed by atoms with Crippen LogP contribution in [-0.4, -0.2) is 9.61 Å². The Hall–Kier alpha value is -7.49. The van der Waals surface area contributed by atoms with Crippen LogP contribution in [0.15, 0.2) is 212 Å². The van der Waals surface area contributed by atoms with Crippen molar-refractivity contribution >= 4 is 33.4 Å². The fourth-order valence-corrected chi connectivity index (χ4v) is 9.35. The number of anilines is 3. The van der Waals surface area contributed by atoms with Crippen molar-refractivity contribution in [2.45, 2.75) is 19.3 Å². The third-order valence-electron chi connectivity index (χ3n) is 12.2. The van der Waals surface area contributed by atoms with Gasteiger partial charge in [0.2, 0.25) is 0 Å². The molecule has 0 spiro atoms. The highest BCUT2D eigenvalue weighted by molar-refractivity contribution is 6.10. The summed E-state index contributed by atoms with van der Waals surface area (Å²) in [4.78, 5) is 2.46. The fraction of sp³-hybridized carbons (Fsp3) is 0.0536. The Labute approximate surface area is 345 Å². The SMILES string of the molecule is CC1(C)c2ccccc2-c2c(N(c3ccc(-c4ccccc4)cc3)c3ccc4c(c3)cc(-c3ccccc3)n3nc(-c5ccccc5)c(-c5ccccc5)c43)cccc21. The quantitative estimate of drug-likeness (QED) is 0.161. The summed E-state index contributed by atoms with van der Waals surface area (Å²) in [6.45, 7) is 4.71. The molecule has 1 aliphatic carbocycles. The number of nitrogens with zero attached hydrogens (tertiary/aromatic N) is 3. The highest BCUT2D eigenvalue weighted by atomic mass is 15.2. The van der Waals surface area contributed by atoms with Gasteiger partial charge in [0.1, 0.15) is 5.69 Å². The highest BCUT2D eigenvalue weighted by Gasteiger charge is 2.37. The van der Waals surface area contributed by atoms with E-state index in [0.29, 0.717) is 0 Å². The van der Waals surface area contributed by atoms with Gasteiger partial charge in [-0.3, -0.25) is 0 Å². The van der Waals surface area contributed by atoms with E-state index in [2.05, 4.69) is 236 Å². The van der Waals surface area contributed by atoms with E-state index in [4.69, 9.17) is 5.10 Å². The van der Waals surface area contributed by atoms with Gasteiger partial charge in [0.05, 0.1) is 16.9 Å². The molecule has 3 heteroatoms. The average molecular weight is 756 g/mol. The first kappa shape index (κ1) is 34.7. The first-order chi connectivity index (χ1) is 29.0. The molecular formula is C56H41N3. The zero-order chi connectivity index (χ0) is 39.5. The van der Waals surface area contributed by atoms with Gasteiger partial charge in [-0.05, 0) is 75.2 Å². The van der Waals surface area contributed by atoms with Crippen molar-refractivity contribution in [3.63, 3.8) is 0 Å². The molecule has 8 aromatic carbocycles. The van der Waals surface area contributed by atoms with Crippen molar-refractivity contribution in [2.75, 3.05) is 4.90 Å². The molecule has 0 aliphatic heterocycles. The Morgan fingerprint density at radius 2 is 1.00 bits per heavy atom. The molecule has 2 heterocycles. The van der Waals surface area contributed by atoms with Crippen LogP contribution in [0.1, 0.15) is 25.0 Å². The van der Waals surface area contributed by atoms with Gasteiger partial charge in [-0.2, -0.15) is 5.10 Å². The molecule has 0 saturated heterocycles. The summed E-state index contributed by atoms with van der Waals surface area (Å²) in [5.41, 5.74) is 18.5. The zero-order valence-electron chi connectivity index (χ0n) is 33.0. The second kappa shape index (κ2) is 13.9. The van der Waals surface area contributed by atoms with Gasteiger partial charge in [-0.25, -0.2) is 4.52 Å². The lowest BCUT2D eigenvalue weighted by Crippen LogP contribution is -2.16. The van der Waals surface area contributed by atoms with Crippen LogP contribution < -0.4 is 4.90 Å². The molecule has 1 aliphatic rings. The van der Waals surface area contributed by atoms with Crippen molar-refractivity contribution in [3.8, 4) is 55.9 Å². The molecule has 11 rings (SSSR count). The molecule has 0 saturated carbocycles. The second-order valence-corrected chi connectivity index (χ2v) is 16.0. The first-order valence-electron chi connectivity index (χ1n) is 20.4. The Morgan fingerprint density at radius 1 is 0.441 bits per heavy atom. The molecule has 0 unspecified atom stereocenters. The Bertz CT molecular complexity index is 3150. The van der Waals surface area contributed by atoms with Crippen LogP contribution in [0.25, 0.3) is 72.2 Å². The van der Waals surface area contributed by atoms with Crippen LogP contribution in [-0.2, 0) is 5.41 Å². The van der Waals surface area contributed by atoms with Gasteiger partial charge >= 0.3 is 0 Å². The summed E-state index contributed by atoms with van der Waals surface area (Å²) >= 11 is 0. The topological polar surface area (TPSA) is 20.5 Å². The molecule has 280 valence electrons. The van der Waals surface area contributed by atoms with E-state index in [1.54, 1.807) is 0 Å². The Balaban J connectivity index is 1.20. The molecule has 3 nitrogen and oxygen atoms in total. The number of benzene rings is 8. The fourth-order valence-electron chi connectivity index (χ4n) is 9.35. The Morgan fingerprint density at radius 3 is 1.69 bits per heavy atom. The van der Waals surface area contributed by atoms with Crippen LogP contribution in [0.2, 0.25) is 0 Å². The number of rotatable bonds is 7. The molecule has 59 heavy (non-hydrogen) atoms. The predicted octanol–water partition coefficient (Wildman–Crippen LogP) is 14.9. The minimum atomic E-state index is -0.128. The van der Waals surface area contributed by atoms with Crippen LogP contribution in [0.3, 0.4) is 0 Å². The molecule has 0 fully saturated rings. The summed E-state index contributed by atoms with van der Waals surface area (Å²) in [5.74, 6) is 0. The molecule has 0 radical (unpaired) electrons.